The number of carbonyl (C=O) groups excluding carboxylic acids is 1. The van der Waals surface area contributed by atoms with Crippen LogP contribution in [0.15, 0.2) is 101 Å². The second kappa shape index (κ2) is 10.2. The third kappa shape index (κ3) is 5.18. The van der Waals surface area contributed by atoms with E-state index in [1.165, 1.54) is 30.3 Å². The standard InChI is InChI=1S/C26H23FN2O3S2/c1-19-9-7-12-21(17-19)26(20-10-3-2-4-11-20)28-24(30)18-29(23-14-6-5-13-22(23)27)34(31,32)25-15-8-16-33-25/h2-17,26H,18H2,1H3,(H,28,30). The quantitative estimate of drug-likeness (QED) is 0.362. The molecule has 0 saturated carbocycles. The summed E-state index contributed by atoms with van der Waals surface area (Å²) in [4.78, 5) is 13.3. The lowest BCUT2D eigenvalue weighted by Crippen LogP contribution is -2.42. The molecule has 0 saturated heterocycles. The van der Waals surface area contributed by atoms with Crippen LogP contribution in [0.25, 0.3) is 0 Å². The molecule has 1 aromatic heterocycles. The van der Waals surface area contributed by atoms with E-state index in [1.807, 2.05) is 61.5 Å². The van der Waals surface area contributed by atoms with Crippen LogP contribution < -0.4 is 9.62 Å². The maximum absolute atomic E-state index is 14.7. The smallest absolute Gasteiger partial charge is 0.274 e. The van der Waals surface area contributed by atoms with Crippen molar-refractivity contribution in [1.29, 1.82) is 0 Å². The highest BCUT2D eigenvalue weighted by Gasteiger charge is 2.30. The van der Waals surface area contributed by atoms with Crippen molar-refractivity contribution in [3.63, 3.8) is 0 Å². The highest BCUT2D eigenvalue weighted by Crippen LogP contribution is 2.29. The zero-order valence-electron chi connectivity index (χ0n) is 18.4. The second-order valence-corrected chi connectivity index (χ2v) is 10.8. The van der Waals surface area contributed by atoms with Gasteiger partial charge in [0.25, 0.3) is 10.0 Å². The molecule has 1 heterocycles. The van der Waals surface area contributed by atoms with E-state index in [9.17, 15) is 17.6 Å². The van der Waals surface area contributed by atoms with Gasteiger partial charge in [-0.25, -0.2) is 12.8 Å². The van der Waals surface area contributed by atoms with Crippen molar-refractivity contribution >= 4 is 33.0 Å². The molecular weight excluding hydrogens is 471 g/mol. The van der Waals surface area contributed by atoms with E-state index in [0.29, 0.717) is 0 Å². The maximum atomic E-state index is 14.7. The minimum atomic E-state index is -4.15. The number of aryl methyl sites for hydroxylation is 1. The Kier molecular flexibility index (Phi) is 7.09. The molecular formula is C26H23FN2O3S2. The van der Waals surface area contributed by atoms with E-state index >= 15 is 0 Å². The molecule has 0 aliphatic heterocycles. The fourth-order valence-electron chi connectivity index (χ4n) is 3.66. The number of anilines is 1. The predicted octanol–water partition coefficient (Wildman–Crippen LogP) is 5.30. The van der Waals surface area contributed by atoms with E-state index in [4.69, 9.17) is 0 Å². The van der Waals surface area contributed by atoms with Crippen LogP contribution in [-0.4, -0.2) is 20.9 Å². The first-order valence-corrected chi connectivity index (χ1v) is 12.9. The normalized spacial score (nSPS) is 12.2. The van der Waals surface area contributed by atoms with Crippen LogP contribution in [0.4, 0.5) is 10.1 Å². The first-order chi connectivity index (χ1) is 16.4. The van der Waals surface area contributed by atoms with Crippen molar-refractivity contribution in [3.8, 4) is 0 Å². The fourth-order valence-corrected chi connectivity index (χ4v) is 6.20. The maximum Gasteiger partial charge on any atom is 0.274 e. The Bertz CT molecular complexity index is 1370. The number of nitrogens with zero attached hydrogens (tertiary/aromatic N) is 1. The average Bonchev–Trinajstić information content (AvgIpc) is 3.38. The molecule has 174 valence electrons. The fraction of sp³-hybridized carbons (Fsp3) is 0.115. The van der Waals surface area contributed by atoms with Crippen LogP contribution in [0.3, 0.4) is 0 Å². The minimum absolute atomic E-state index is 0.0295. The number of hydrogen-bond acceptors (Lipinski definition) is 4. The molecule has 4 aromatic rings. The molecule has 1 amide bonds. The minimum Gasteiger partial charge on any atom is -0.344 e. The number of nitrogens with one attached hydrogen (secondary N) is 1. The van der Waals surface area contributed by atoms with E-state index in [-0.39, 0.29) is 9.90 Å². The largest absolute Gasteiger partial charge is 0.344 e. The molecule has 0 bridgehead atoms. The van der Waals surface area contributed by atoms with Crippen molar-refractivity contribution in [2.24, 2.45) is 0 Å². The summed E-state index contributed by atoms with van der Waals surface area (Å²) in [6.45, 7) is 1.39. The third-order valence-electron chi connectivity index (χ3n) is 5.26. The number of carbonyl (C=O) groups is 1. The summed E-state index contributed by atoms with van der Waals surface area (Å²) in [6.07, 6.45) is 0. The van der Waals surface area contributed by atoms with E-state index in [0.717, 1.165) is 32.3 Å². The number of sulfonamides is 1. The number of hydrogen-bond donors (Lipinski definition) is 1. The highest BCUT2D eigenvalue weighted by molar-refractivity contribution is 7.94. The monoisotopic (exact) mass is 494 g/mol. The van der Waals surface area contributed by atoms with Gasteiger partial charge < -0.3 is 5.32 Å². The number of amides is 1. The van der Waals surface area contributed by atoms with Gasteiger partial charge in [0.2, 0.25) is 5.91 Å². The summed E-state index contributed by atoms with van der Waals surface area (Å²) < 4.78 is 42.2. The molecule has 0 aliphatic rings. The van der Waals surface area contributed by atoms with Crippen LogP contribution in [0.1, 0.15) is 22.7 Å². The van der Waals surface area contributed by atoms with Crippen LogP contribution in [0, 0.1) is 12.7 Å². The summed E-state index contributed by atoms with van der Waals surface area (Å²) in [5.74, 6) is -1.28. The summed E-state index contributed by atoms with van der Waals surface area (Å²) in [6, 6.07) is 25.2. The number of rotatable bonds is 8. The summed E-state index contributed by atoms with van der Waals surface area (Å²) in [7, 11) is -4.15. The lowest BCUT2D eigenvalue weighted by atomic mass is 9.97. The van der Waals surface area contributed by atoms with Gasteiger partial charge in [-0.05, 0) is 41.6 Å². The number of para-hydroxylation sites is 1. The third-order valence-corrected chi connectivity index (χ3v) is 8.39. The second-order valence-electron chi connectivity index (χ2n) is 7.72. The Hall–Kier alpha value is -3.49. The van der Waals surface area contributed by atoms with E-state index in [1.54, 1.807) is 11.4 Å². The van der Waals surface area contributed by atoms with Gasteiger partial charge in [-0.1, -0.05) is 78.4 Å². The van der Waals surface area contributed by atoms with Crippen molar-refractivity contribution in [2.45, 2.75) is 17.2 Å². The summed E-state index contributed by atoms with van der Waals surface area (Å²) in [5, 5.41) is 4.57. The zero-order valence-corrected chi connectivity index (χ0v) is 20.0. The molecule has 0 spiro atoms. The Labute approximate surface area is 202 Å². The van der Waals surface area contributed by atoms with Gasteiger partial charge >= 0.3 is 0 Å². The van der Waals surface area contributed by atoms with Gasteiger partial charge in [-0.15, -0.1) is 11.3 Å². The van der Waals surface area contributed by atoms with Gasteiger partial charge in [-0.2, -0.15) is 0 Å². The molecule has 1 N–H and O–H groups in total. The predicted molar refractivity (Wildman–Crippen MR) is 133 cm³/mol. The van der Waals surface area contributed by atoms with Crippen molar-refractivity contribution < 1.29 is 17.6 Å². The van der Waals surface area contributed by atoms with Crippen LogP contribution in [-0.2, 0) is 14.8 Å². The zero-order chi connectivity index (χ0) is 24.1. The number of benzene rings is 3. The molecule has 1 atom stereocenters. The average molecular weight is 495 g/mol. The Morgan fingerprint density at radius 2 is 1.65 bits per heavy atom. The van der Waals surface area contributed by atoms with Crippen LogP contribution in [0.5, 0.6) is 0 Å². The molecule has 0 radical (unpaired) electrons. The number of halogens is 1. The first-order valence-electron chi connectivity index (χ1n) is 10.6. The summed E-state index contributed by atoms with van der Waals surface area (Å²) in [5.41, 5.74) is 2.55. The molecule has 4 rings (SSSR count). The highest BCUT2D eigenvalue weighted by atomic mass is 32.2. The Morgan fingerprint density at radius 1 is 0.941 bits per heavy atom. The van der Waals surface area contributed by atoms with Gasteiger partial charge in [0.1, 0.15) is 16.6 Å². The van der Waals surface area contributed by atoms with Crippen molar-refractivity contribution in [1.82, 2.24) is 5.32 Å². The Morgan fingerprint density at radius 3 is 2.32 bits per heavy atom. The van der Waals surface area contributed by atoms with Gasteiger partial charge in [0.15, 0.2) is 0 Å². The van der Waals surface area contributed by atoms with E-state index < -0.39 is 34.3 Å². The first kappa shape index (κ1) is 23.7. The topological polar surface area (TPSA) is 66.5 Å². The molecule has 3 aromatic carbocycles. The molecule has 1 unspecified atom stereocenters. The SMILES string of the molecule is Cc1cccc(C(NC(=O)CN(c2ccccc2F)S(=O)(=O)c2cccs2)c2ccccc2)c1. The molecule has 0 fully saturated rings. The molecule has 0 aliphatic carbocycles. The summed E-state index contributed by atoms with van der Waals surface area (Å²) >= 11 is 1.01. The molecule has 5 nitrogen and oxygen atoms in total. The molecule has 8 heteroatoms. The van der Waals surface area contributed by atoms with Gasteiger partial charge in [0.05, 0.1) is 11.7 Å². The van der Waals surface area contributed by atoms with Gasteiger partial charge in [-0.3, -0.25) is 9.10 Å². The molecule has 34 heavy (non-hydrogen) atoms. The van der Waals surface area contributed by atoms with Crippen molar-refractivity contribution in [2.75, 3.05) is 10.8 Å². The Balaban J connectivity index is 1.68. The lowest BCUT2D eigenvalue weighted by molar-refractivity contribution is -0.120. The van der Waals surface area contributed by atoms with E-state index in [2.05, 4.69) is 5.32 Å². The van der Waals surface area contributed by atoms with Gasteiger partial charge in [0, 0.05) is 0 Å². The number of thiophene rings is 1. The van der Waals surface area contributed by atoms with Crippen molar-refractivity contribution in [3.05, 3.63) is 119 Å². The lowest BCUT2D eigenvalue weighted by Gasteiger charge is -2.26. The van der Waals surface area contributed by atoms with Crippen LogP contribution >= 0.6 is 11.3 Å². The van der Waals surface area contributed by atoms with Crippen LogP contribution in [0.2, 0.25) is 0 Å².